The van der Waals surface area contributed by atoms with Gasteiger partial charge in [0.1, 0.15) is 0 Å². The van der Waals surface area contributed by atoms with E-state index in [1.165, 1.54) is 9.08 Å². The number of benzene rings is 1. The van der Waals surface area contributed by atoms with Gasteiger partial charge < -0.3 is 10.2 Å². The van der Waals surface area contributed by atoms with E-state index in [4.69, 9.17) is 11.6 Å². The van der Waals surface area contributed by atoms with Gasteiger partial charge in [0.05, 0.1) is 12.6 Å². The van der Waals surface area contributed by atoms with Gasteiger partial charge in [0.2, 0.25) is 5.91 Å². The van der Waals surface area contributed by atoms with Crippen LogP contribution in [0.2, 0.25) is 5.02 Å². The van der Waals surface area contributed by atoms with Crippen molar-refractivity contribution >= 4 is 23.2 Å². The summed E-state index contributed by atoms with van der Waals surface area (Å²) in [6.07, 6.45) is 1.90. The van der Waals surface area contributed by atoms with E-state index in [0.717, 1.165) is 12.1 Å². The number of carbonyl (C=O) groups is 1. The number of nitrogens with one attached hydrogen (secondary N) is 1. The number of aryl methyl sites for hydroxylation is 1. The van der Waals surface area contributed by atoms with E-state index in [9.17, 15) is 9.59 Å². The van der Waals surface area contributed by atoms with Crippen LogP contribution in [0.15, 0.2) is 53.5 Å². The Morgan fingerprint density at radius 1 is 1.26 bits per heavy atom. The van der Waals surface area contributed by atoms with Crippen LogP contribution in [0.25, 0.3) is 5.65 Å². The van der Waals surface area contributed by atoms with Crippen molar-refractivity contribution in [2.75, 3.05) is 19.6 Å². The van der Waals surface area contributed by atoms with Gasteiger partial charge in [-0.05, 0) is 29.8 Å². The highest BCUT2D eigenvalue weighted by molar-refractivity contribution is 6.30. The molecular weight excluding hydrogens is 366 g/mol. The van der Waals surface area contributed by atoms with Crippen molar-refractivity contribution in [2.24, 2.45) is 0 Å². The highest BCUT2D eigenvalue weighted by atomic mass is 35.5. The predicted molar refractivity (Wildman–Crippen MR) is 103 cm³/mol. The first-order chi connectivity index (χ1) is 13.1. The zero-order chi connectivity index (χ0) is 18.8. The third-order valence-corrected chi connectivity index (χ3v) is 5.06. The molecule has 1 unspecified atom stereocenters. The number of halogens is 1. The molecule has 140 valence electrons. The summed E-state index contributed by atoms with van der Waals surface area (Å²) < 4.78 is 2.83. The summed E-state index contributed by atoms with van der Waals surface area (Å²) in [5.74, 6) is 0.00503. The molecule has 0 radical (unpaired) electrons. The molecule has 0 bridgehead atoms. The van der Waals surface area contributed by atoms with Crippen LogP contribution in [0.3, 0.4) is 0 Å². The molecule has 3 heterocycles. The Labute approximate surface area is 161 Å². The van der Waals surface area contributed by atoms with Crippen molar-refractivity contribution in [1.82, 2.24) is 24.4 Å². The largest absolute Gasteiger partial charge is 0.350 e. The quantitative estimate of drug-likeness (QED) is 0.742. The van der Waals surface area contributed by atoms with Crippen LogP contribution in [0.4, 0.5) is 0 Å². The second-order valence-corrected chi connectivity index (χ2v) is 6.98. The Kier molecular flexibility index (Phi) is 4.96. The van der Waals surface area contributed by atoms with Gasteiger partial charge in [-0.15, -0.1) is 5.10 Å². The molecule has 27 heavy (non-hydrogen) atoms. The molecule has 1 amide bonds. The SMILES string of the molecule is O=C(CCn1nc2ccccn2c1=O)N1CCNCC1c1cccc(Cl)c1. The Hall–Kier alpha value is -2.64. The third kappa shape index (κ3) is 3.61. The summed E-state index contributed by atoms with van der Waals surface area (Å²) in [5, 5.41) is 8.27. The number of hydrogen-bond acceptors (Lipinski definition) is 4. The number of rotatable bonds is 4. The van der Waals surface area contributed by atoms with Crippen LogP contribution in [-0.4, -0.2) is 44.6 Å². The van der Waals surface area contributed by atoms with E-state index in [0.29, 0.717) is 23.8 Å². The molecule has 7 nitrogen and oxygen atoms in total. The summed E-state index contributed by atoms with van der Waals surface area (Å²) in [5.41, 5.74) is 1.35. The molecule has 1 aliphatic heterocycles. The van der Waals surface area contributed by atoms with Crippen molar-refractivity contribution in [3.05, 3.63) is 69.7 Å². The van der Waals surface area contributed by atoms with Gasteiger partial charge in [-0.1, -0.05) is 29.8 Å². The second-order valence-electron chi connectivity index (χ2n) is 6.55. The second kappa shape index (κ2) is 7.54. The van der Waals surface area contributed by atoms with Gasteiger partial charge in [-0.25, -0.2) is 9.48 Å². The minimum atomic E-state index is -0.231. The summed E-state index contributed by atoms with van der Waals surface area (Å²) >= 11 is 6.12. The van der Waals surface area contributed by atoms with E-state index in [1.807, 2.05) is 35.2 Å². The molecule has 8 heteroatoms. The van der Waals surface area contributed by atoms with Crippen molar-refractivity contribution < 1.29 is 4.79 Å². The maximum atomic E-state index is 12.9. The first kappa shape index (κ1) is 17.8. The molecule has 3 aromatic rings. The highest BCUT2D eigenvalue weighted by Gasteiger charge is 2.27. The molecule has 1 N–H and O–H groups in total. The van der Waals surface area contributed by atoms with Crippen molar-refractivity contribution in [2.45, 2.75) is 19.0 Å². The molecule has 1 aromatic carbocycles. The van der Waals surface area contributed by atoms with Crippen LogP contribution in [0.1, 0.15) is 18.0 Å². The van der Waals surface area contributed by atoms with Crippen molar-refractivity contribution in [3.8, 4) is 0 Å². The van der Waals surface area contributed by atoms with E-state index in [-0.39, 0.29) is 30.6 Å². The molecule has 2 aromatic heterocycles. The lowest BCUT2D eigenvalue weighted by Gasteiger charge is -2.36. The van der Waals surface area contributed by atoms with Crippen LogP contribution in [0, 0.1) is 0 Å². The number of carbonyl (C=O) groups excluding carboxylic acids is 1. The van der Waals surface area contributed by atoms with Crippen LogP contribution >= 0.6 is 11.6 Å². The number of amides is 1. The fraction of sp³-hybridized carbons (Fsp3) is 0.316. The van der Waals surface area contributed by atoms with E-state index < -0.39 is 0 Å². The number of aromatic nitrogens is 3. The summed E-state index contributed by atoms with van der Waals surface area (Å²) in [6.45, 7) is 2.30. The van der Waals surface area contributed by atoms with Crippen molar-refractivity contribution in [3.63, 3.8) is 0 Å². The molecule has 1 aliphatic rings. The minimum absolute atomic E-state index is 0.00503. The topological polar surface area (TPSA) is 71.6 Å². The number of hydrogen-bond donors (Lipinski definition) is 1. The number of piperazine rings is 1. The Morgan fingerprint density at radius 3 is 2.96 bits per heavy atom. The Morgan fingerprint density at radius 2 is 2.15 bits per heavy atom. The van der Waals surface area contributed by atoms with Gasteiger partial charge in [0.25, 0.3) is 0 Å². The maximum Gasteiger partial charge on any atom is 0.350 e. The highest BCUT2D eigenvalue weighted by Crippen LogP contribution is 2.25. The first-order valence-electron chi connectivity index (χ1n) is 8.93. The molecule has 0 aliphatic carbocycles. The standard InChI is InChI=1S/C19H20ClN5O2/c20-15-5-3-4-14(12-15)16-13-21-8-11-23(16)18(26)7-10-25-19(27)24-9-2-1-6-17(24)22-25/h1-6,9,12,16,21H,7-8,10-11,13H2. The van der Waals surface area contributed by atoms with Gasteiger partial charge in [0.15, 0.2) is 5.65 Å². The normalized spacial score (nSPS) is 17.4. The predicted octanol–water partition coefficient (Wildman–Crippen LogP) is 1.71. The fourth-order valence-electron chi connectivity index (χ4n) is 3.47. The Balaban J connectivity index is 1.50. The molecule has 1 atom stereocenters. The smallest absolute Gasteiger partial charge is 0.333 e. The van der Waals surface area contributed by atoms with E-state index in [1.54, 1.807) is 18.3 Å². The third-order valence-electron chi connectivity index (χ3n) is 4.82. The monoisotopic (exact) mass is 385 g/mol. The zero-order valence-electron chi connectivity index (χ0n) is 14.7. The Bertz CT molecular complexity index is 1030. The first-order valence-corrected chi connectivity index (χ1v) is 9.31. The van der Waals surface area contributed by atoms with Gasteiger partial charge in [-0.3, -0.25) is 9.20 Å². The number of fused-ring (bicyclic) bond motifs is 1. The maximum absolute atomic E-state index is 12.9. The van der Waals surface area contributed by atoms with Crippen molar-refractivity contribution in [1.29, 1.82) is 0 Å². The molecular formula is C19H20ClN5O2. The lowest BCUT2D eigenvalue weighted by Crippen LogP contribution is -2.49. The lowest BCUT2D eigenvalue weighted by atomic mass is 10.0. The zero-order valence-corrected chi connectivity index (χ0v) is 15.5. The molecule has 4 rings (SSSR count). The van der Waals surface area contributed by atoms with Gasteiger partial charge in [-0.2, -0.15) is 0 Å². The fourth-order valence-corrected chi connectivity index (χ4v) is 3.67. The molecule has 0 saturated carbocycles. The van der Waals surface area contributed by atoms with Gasteiger partial charge >= 0.3 is 5.69 Å². The summed E-state index contributed by atoms with van der Waals surface area (Å²) in [4.78, 5) is 27.1. The van der Waals surface area contributed by atoms with E-state index in [2.05, 4.69) is 10.4 Å². The minimum Gasteiger partial charge on any atom is -0.333 e. The summed E-state index contributed by atoms with van der Waals surface area (Å²) in [6, 6.07) is 12.9. The number of nitrogens with zero attached hydrogens (tertiary/aromatic N) is 4. The summed E-state index contributed by atoms with van der Waals surface area (Å²) in [7, 11) is 0. The lowest BCUT2D eigenvalue weighted by molar-refractivity contribution is -0.134. The molecule has 0 spiro atoms. The van der Waals surface area contributed by atoms with Gasteiger partial charge in [0, 0.05) is 37.3 Å². The molecule has 1 fully saturated rings. The average molecular weight is 386 g/mol. The van der Waals surface area contributed by atoms with E-state index >= 15 is 0 Å². The van der Waals surface area contributed by atoms with Crippen LogP contribution in [0.5, 0.6) is 0 Å². The van der Waals surface area contributed by atoms with Crippen LogP contribution < -0.4 is 11.0 Å². The average Bonchev–Trinajstić information content (AvgIpc) is 3.02. The van der Waals surface area contributed by atoms with Crippen LogP contribution in [-0.2, 0) is 11.3 Å². The molecule has 1 saturated heterocycles. The number of pyridine rings is 1.